The first-order valence-electron chi connectivity index (χ1n) is 10.4. The monoisotopic (exact) mass is 433 g/mol. The molecule has 0 radical (unpaired) electrons. The Morgan fingerprint density at radius 2 is 1.84 bits per heavy atom. The SMILES string of the molecule is COc1cc(O)ccc1-c1ccc2c3c1CN(c1cc(F)ccc1C)N3C(=O)C(C)(C)N2. The quantitative estimate of drug-likeness (QED) is 0.609. The van der Waals surface area contributed by atoms with Crippen LogP contribution in [0.3, 0.4) is 0 Å². The van der Waals surface area contributed by atoms with Gasteiger partial charge >= 0.3 is 0 Å². The number of phenols is 1. The summed E-state index contributed by atoms with van der Waals surface area (Å²) in [5.41, 5.74) is 4.89. The molecule has 0 spiro atoms. The second-order valence-electron chi connectivity index (χ2n) is 8.73. The van der Waals surface area contributed by atoms with E-state index in [-0.39, 0.29) is 17.5 Å². The first kappa shape index (κ1) is 20.2. The number of hydrogen-bond acceptors (Lipinski definition) is 5. The summed E-state index contributed by atoms with van der Waals surface area (Å²) in [6.07, 6.45) is 0. The second kappa shape index (κ2) is 6.88. The van der Waals surface area contributed by atoms with Crippen LogP contribution in [0.15, 0.2) is 48.5 Å². The summed E-state index contributed by atoms with van der Waals surface area (Å²) in [6.45, 7) is 5.96. The van der Waals surface area contributed by atoms with Crippen molar-refractivity contribution < 1.29 is 19.0 Å². The minimum absolute atomic E-state index is 0.109. The van der Waals surface area contributed by atoms with E-state index in [1.54, 1.807) is 36.4 Å². The van der Waals surface area contributed by atoms with Crippen LogP contribution in [0.2, 0.25) is 0 Å². The molecular weight excluding hydrogens is 409 g/mol. The third-order valence-electron chi connectivity index (χ3n) is 6.14. The Labute approximate surface area is 185 Å². The van der Waals surface area contributed by atoms with Gasteiger partial charge in [0.1, 0.15) is 22.9 Å². The average Bonchev–Trinajstić information content (AvgIpc) is 3.15. The summed E-state index contributed by atoms with van der Waals surface area (Å²) in [5.74, 6) is 0.159. The molecule has 32 heavy (non-hydrogen) atoms. The van der Waals surface area contributed by atoms with Crippen molar-refractivity contribution in [2.24, 2.45) is 0 Å². The number of carbonyl (C=O) groups is 1. The summed E-state index contributed by atoms with van der Waals surface area (Å²) >= 11 is 0. The largest absolute Gasteiger partial charge is 0.508 e. The number of ether oxygens (including phenoxy) is 1. The summed E-state index contributed by atoms with van der Waals surface area (Å²) in [4.78, 5) is 13.5. The first-order valence-corrected chi connectivity index (χ1v) is 10.4. The van der Waals surface area contributed by atoms with Crippen LogP contribution in [0.4, 0.5) is 21.5 Å². The Kier molecular flexibility index (Phi) is 4.34. The highest BCUT2D eigenvalue weighted by Gasteiger charge is 2.47. The third-order valence-corrected chi connectivity index (χ3v) is 6.14. The number of benzene rings is 3. The molecule has 2 aliphatic heterocycles. The van der Waals surface area contributed by atoms with Gasteiger partial charge in [0.2, 0.25) is 0 Å². The second-order valence-corrected chi connectivity index (χ2v) is 8.73. The van der Waals surface area contributed by atoms with E-state index in [0.29, 0.717) is 18.0 Å². The van der Waals surface area contributed by atoms with Gasteiger partial charge in [-0.25, -0.2) is 9.40 Å². The summed E-state index contributed by atoms with van der Waals surface area (Å²) < 4.78 is 19.7. The number of hydrazine groups is 1. The molecule has 2 heterocycles. The van der Waals surface area contributed by atoms with Crippen LogP contribution in [-0.2, 0) is 11.3 Å². The number of hydrogen-bond donors (Lipinski definition) is 2. The Morgan fingerprint density at radius 1 is 1.09 bits per heavy atom. The predicted octanol–water partition coefficient (Wildman–Crippen LogP) is 4.99. The number of halogens is 1. The molecule has 0 aliphatic carbocycles. The standard InChI is InChI=1S/C25H24FN3O3/c1-14-5-6-15(26)11-21(14)28-13-19-17(18-8-7-16(30)12-22(18)32-4)9-10-20-23(19)29(28)24(31)25(2,3)27-20/h5-12,27,30H,13H2,1-4H3. The number of nitrogens with zero attached hydrogens (tertiary/aromatic N) is 2. The number of rotatable bonds is 3. The van der Waals surface area contributed by atoms with Crippen molar-refractivity contribution >= 4 is 23.0 Å². The van der Waals surface area contributed by atoms with E-state index in [1.165, 1.54) is 12.1 Å². The van der Waals surface area contributed by atoms with Crippen LogP contribution in [0.1, 0.15) is 25.0 Å². The maximum atomic E-state index is 14.2. The summed E-state index contributed by atoms with van der Waals surface area (Å²) in [6, 6.07) is 13.5. The number of anilines is 3. The van der Waals surface area contributed by atoms with Gasteiger partial charge in [0, 0.05) is 17.2 Å². The summed E-state index contributed by atoms with van der Waals surface area (Å²) in [5, 5.41) is 16.8. The molecule has 164 valence electrons. The molecule has 0 saturated heterocycles. The van der Waals surface area contributed by atoms with Gasteiger partial charge in [-0.3, -0.25) is 9.80 Å². The maximum absolute atomic E-state index is 14.2. The Hall–Kier alpha value is -3.74. The fourth-order valence-corrected chi connectivity index (χ4v) is 4.55. The molecule has 1 amide bonds. The van der Waals surface area contributed by atoms with Crippen LogP contribution in [-0.4, -0.2) is 23.7 Å². The van der Waals surface area contributed by atoms with Crippen molar-refractivity contribution in [3.63, 3.8) is 0 Å². The van der Waals surface area contributed by atoms with Crippen molar-refractivity contribution in [2.75, 3.05) is 22.4 Å². The first-order chi connectivity index (χ1) is 15.2. The lowest BCUT2D eigenvalue weighted by Crippen LogP contribution is -2.57. The number of aryl methyl sites for hydroxylation is 1. The zero-order valence-corrected chi connectivity index (χ0v) is 18.4. The van der Waals surface area contributed by atoms with Crippen LogP contribution >= 0.6 is 0 Å². The number of amides is 1. The zero-order chi connectivity index (χ0) is 22.8. The molecule has 2 aliphatic rings. The molecular formula is C25H24FN3O3. The van der Waals surface area contributed by atoms with Crippen LogP contribution in [0, 0.1) is 12.7 Å². The minimum atomic E-state index is -0.828. The molecule has 6 nitrogen and oxygen atoms in total. The van der Waals surface area contributed by atoms with Crippen LogP contribution < -0.4 is 20.1 Å². The van der Waals surface area contributed by atoms with E-state index in [4.69, 9.17) is 4.74 Å². The third kappa shape index (κ3) is 2.88. The van der Waals surface area contributed by atoms with E-state index in [1.807, 2.05) is 37.9 Å². The van der Waals surface area contributed by atoms with Gasteiger partial charge in [0.05, 0.1) is 30.7 Å². The Bertz CT molecular complexity index is 1270. The van der Waals surface area contributed by atoms with Gasteiger partial charge in [-0.05, 0) is 62.2 Å². The van der Waals surface area contributed by atoms with Gasteiger partial charge in [-0.2, -0.15) is 0 Å². The van der Waals surface area contributed by atoms with Gasteiger partial charge in [0.15, 0.2) is 0 Å². The number of phenolic OH excluding ortho intramolecular Hbond substituents is 1. The van der Waals surface area contributed by atoms with E-state index >= 15 is 0 Å². The number of aromatic hydroxyl groups is 1. The fourth-order valence-electron chi connectivity index (χ4n) is 4.55. The van der Waals surface area contributed by atoms with Gasteiger partial charge in [0.25, 0.3) is 5.91 Å². The average molecular weight is 433 g/mol. The highest BCUT2D eigenvalue weighted by molar-refractivity contribution is 6.12. The number of methoxy groups -OCH3 is 1. The van der Waals surface area contributed by atoms with E-state index in [2.05, 4.69) is 5.32 Å². The molecule has 0 saturated carbocycles. The molecule has 5 rings (SSSR count). The van der Waals surface area contributed by atoms with Gasteiger partial charge in [-0.1, -0.05) is 12.1 Å². The van der Waals surface area contributed by atoms with Crippen molar-refractivity contribution in [2.45, 2.75) is 32.9 Å². The molecule has 3 aromatic carbocycles. The smallest absolute Gasteiger partial charge is 0.270 e. The van der Waals surface area contributed by atoms with E-state index in [0.717, 1.165) is 33.6 Å². The van der Waals surface area contributed by atoms with Crippen molar-refractivity contribution in [1.82, 2.24) is 0 Å². The predicted molar refractivity (Wildman–Crippen MR) is 123 cm³/mol. The van der Waals surface area contributed by atoms with E-state index < -0.39 is 5.54 Å². The number of carbonyl (C=O) groups excluding carboxylic acids is 1. The van der Waals surface area contributed by atoms with Crippen molar-refractivity contribution in [1.29, 1.82) is 0 Å². The summed E-state index contributed by atoms with van der Waals surface area (Å²) in [7, 11) is 1.55. The molecule has 3 aromatic rings. The molecule has 0 atom stereocenters. The van der Waals surface area contributed by atoms with Crippen molar-refractivity contribution in [3.8, 4) is 22.6 Å². The molecule has 0 bridgehead atoms. The highest BCUT2D eigenvalue weighted by atomic mass is 19.1. The molecule has 0 unspecified atom stereocenters. The molecule has 0 aromatic heterocycles. The molecule has 2 N–H and O–H groups in total. The number of nitrogens with one attached hydrogen (secondary N) is 1. The van der Waals surface area contributed by atoms with Crippen molar-refractivity contribution in [3.05, 3.63) is 65.5 Å². The lowest BCUT2D eigenvalue weighted by atomic mass is 9.93. The highest BCUT2D eigenvalue weighted by Crippen LogP contribution is 2.50. The zero-order valence-electron chi connectivity index (χ0n) is 18.4. The maximum Gasteiger partial charge on any atom is 0.270 e. The lowest BCUT2D eigenvalue weighted by Gasteiger charge is -2.41. The topological polar surface area (TPSA) is 65.0 Å². The fraction of sp³-hybridized carbons (Fsp3) is 0.240. The lowest BCUT2D eigenvalue weighted by molar-refractivity contribution is -0.122. The molecule has 0 fully saturated rings. The Balaban J connectivity index is 1.75. The van der Waals surface area contributed by atoms with Crippen LogP contribution in [0.25, 0.3) is 11.1 Å². The normalized spacial score (nSPS) is 16.1. The Morgan fingerprint density at radius 3 is 2.59 bits per heavy atom. The van der Waals surface area contributed by atoms with Gasteiger partial charge in [-0.15, -0.1) is 0 Å². The van der Waals surface area contributed by atoms with Crippen LogP contribution in [0.5, 0.6) is 11.5 Å². The molecule has 7 heteroatoms. The van der Waals surface area contributed by atoms with E-state index in [9.17, 15) is 14.3 Å². The minimum Gasteiger partial charge on any atom is -0.508 e. The van der Waals surface area contributed by atoms with Gasteiger partial charge < -0.3 is 15.2 Å².